The average molecular weight is 459 g/mol. The Morgan fingerprint density at radius 3 is 2.76 bits per heavy atom. The lowest BCUT2D eigenvalue weighted by atomic mass is 10.1. The van der Waals surface area contributed by atoms with Gasteiger partial charge in [-0.3, -0.25) is 9.89 Å². The van der Waals surface area contributed by atoms with Gasteiger partial charge in [0, 0.05) is 23.7 Å². The highest BCUT2D eigenvalue weighted by Gasteiger charge is 2.28. The molecule has 4 aromatic rings. The van der Waals surface area contributed by atoms with Gasteiger partial charge in [0.15, 0.2) is 5.82 Å². The first-order chi connectivity index (χ1) is 15.6. The van der Waals surface area contributed by atoms with Crippen LogP contribution in [0.4, 0.5) is 24.8 Å². The molecular formula is C21H20F3N7O2. The number of hydrogen-bond donors (Lipinski definition) is 3. The molecule has 172 valence electrons. The SMILES string of the molecule is COc1cc(-c2nc(Nc3cc4cn[nH]c4cc3C)n(C)n2)ccc1C(=O)NCC(F)(F)F. The molecule has 0 atom stereocenters. The number of halogens is 3. The van der Waals surface area contributed by atoms with Crippen molar-refractivity contribution in [2.24, 2.45) is 7.05 Å². The third-order valence-electron chi connectivity index (χ3n) is 4.95. The molecule has 2 aromatic carbocycles. The van der Waals surface area contributed by atoms with Gasteiger partial charge in [0.1, 0.15) is 12.3 Å². The molecule has 4 rings (SSSR count). The molecule has 33 heavy (non-hydrogen) atoms. The Morgan fingerprint density at radius 1 is 1.24 bits per heavy atom. The number of rotatable bonds is 6. The molecule has 0 saturated heterocycles. The number of aromatic amines is 1. The summed E-state index contributed by atoms with van der Waals surface area (Å²) < 4.78 is 44.0. The highest BCUT2D eigenvalue weighted by Crippen LogP contribution is 2.29. The molecule has 0 aliphatic heterocycles. The molecule has 0 aliphatic rings. The number of benzene rings is 2. The maximum atomic E-state index is 12.4. The van der Waals surface area contributed by atoms with Crippen LogP contribution in [0.5, 0.6) is 5.75 Å². The van der Waals surface area contributed by atoms with E-state index in [0.717, 1.165) is 22.2 Å². The predicted molar refractivity (Wildman–Crippen MR) is 115 cm³/mol. The summed E-state index contributed by atoms with van der Waals surface area (Å²) in [5.74, 6) is 0.0389. The first-order valence-corrected chi connectivity index (χ1v) is 9.80. The molecular weight excluding hydrogens is 439 g/mol. The van der Waals surface area contributed by atoms with E-state index >= 15 is 0 Å². The van der Waals surface area contributed by atoms with Gasteiger partial charge in [0.25, 0.3) is 5.91 Å². The van der Waals surface area contributed by atoms with Crippen LogP contribution in [0.3, 0.4) is 0 Å². The van der Waals surface area contributed by atoms with Gasteiger partial charge in [-0.25, -0.2) is 4.68 Å². The van der Waals surface area contributed by atoms with Crippen molar-refractivity contribution < 1.29 is 22.7 Å². The van der Waals surface area contributed by atoms with Gasteiger partial charge >= 0.3 is 6.18 Å². The van der Waals surface area contributed by atoms with Crippen LogP contribution in [0.15, 0.2) is 36.5 Å². The fourth-order valence-electron chi connectivity index (χ4n) is 3.26. The number of amides is 1. The van der Waals surface area contributed by atoms with E-state index in [4.69, 9.17) is 4.74 Å². The number of methoxy groups -OCH3 is 1. The van der Waals surface area contributed by atoms with E-state index in [1.54, 1.807) is 24.0 Å². The second kappa shape index (κ2) is 8.45. The van der Waals surface area contributed by atoms with Crippen molar-refractivity contribution in [3.05, 3.63) is 47.7 Å². The summed E-state index contributed by atoms with van der Waals surface area (Å²) in [4.78, 5) is 16.7. The number of aryl methyl sites for hydroxylation is 2. The van der Waals surface area contributed by atoms with Crippen molar-refractivity contribution in [2.45, 2.75) is 13.1 Å². The minimum Gasteiger partial charge on any atom is -0.496 e. The van der Waals surface area contributed by atoms with Crippen molar-refractivity contribution >= 4 is 28.4 Å². The number of nitrogens with zero attached hydrogens (tertiary/aromatic N) is 4. The van der Waals surface area contributed by atoms with Crippen LogP contribution < -0.4 is 15.4 Å². The van der Waals surface area contributed by atoms with Crippen molar-refractivity contribution in [2.75, 3.05) is 19.0 Å². The molecule has 12 heteroatoms. The van der Waals surface area contributed by atoms with Gasteiger partial charge < -0.3 is 15.4 Å². The third-order valence-corrected chi connectivity index (χ3v) is 4.95. The molecule has 0 aliphatic carbocycles. The Kier molecular flexibility index (Phi) is 5.66. The van der Waals surface area contributed by atoms with Crippen LogP contribution >= 0.6 is 0 Å². The number of H-pyrrole nitrogens is 1. The van der Waals surface area contributed by atoms with Gasteiger partial charge in [-0.05, 0) is 36.8 Å². The van der Waals surface area contributed by atoms with Crippen LogP contribution in [0.25, 0.3) is 22.3 Å². The molecule has 0 saturated carbocycles. The van der Waals surface area contributed by atoms with Gasteiger partial charge in [-0.2, -0.15) is 23.3 Å². The van der Waals surface area contributed by atoms with Gasteiger partial charge in [-0.15, -0.1) is 5.10 Å². The van der Waals surface area contributed by atoms with E-state index in [-0.39, 0.29) is 11.3 Å². The normalized spacial score (nSPS) is 11.6. The number of aromatic nitrogens is 5. The monoisotopic (exact) mass is 459 g/mol. The summed E-state index contributed by atoms with van der Waals surface area (Å²) in [7, 11) is 3.05. The van der Waals surface area contributed by atoms with Crippen molar-refractivity contribution in [1.82, 2.24) is 30.3 Å². The van der Waals surface area contributed by atoms with Gasteiger partial charge in [0.2, 0.25) is 5.95 Å². The molecule has 0 radical (unpaired) electrons. The summed E-state index contributed by atoms with van der Waals surface area (Å²) in [6.45, 7) is 0.519. The lowest BCUT2D eigenvalue weighted by molar-refractivity contribution is -0.123. The smallest absolute Gasteiger partial charge is 0.405 e. The Balaban J connectivity index is 1.59. The predicted octanol–water partition coefficient (Wildman–Crippen LogP) is 3.71. The number of fused-ring (bicyclic) bond motifs is 1. The van der Waals surface area contributed by atoms with E-state index in [1.165, 1.54) is 19.2 Å². The second-order valence-electron chi connectivity index (χ2n) is 7.34. The topological polar surface area (TPSA) is 110 Å². The minimum atomic E-state index is -4.51. The quantitative estimate of drug-likeness (QED) is 0.406. The van der Waals surface area contributed by atoms with Gasteiger partial charge in [-0.1, -0.05) is 6.07 Å². The number of hydrogen-bond acceptors (Lipinski definition) is 6. The molecule has 0 fully saturated rings. The first kappa shape index (κ1) is 22.1. The number of alkyl halides is 3. The molecule has 0 unspecified atom stereocenters. The summed E-state index contributed by atoms with van der Waals surface area (Å²) in [6.07, 6.45) is -2.79. The highest BCUT2D eigenvalue weighted by atomic mass is 19.4. The van der Waals surface area contributed by atoms with Gasteiger partial charge in [0.05, 0.1) is 24.4 Å². The van der Waals surface area contributed by atoms with E-state index in [0.29, 0.717) is 17.3 Å². The Morgan fingerprint density at radius 2 is 2.03 bits per heavy atom. The van der Waals surface area contributed by atoms with E-state index in [2.05, 4.69) is 25.6 Å². The number of nitrogens with one attached hydrogen (secondary N) is 3. The molecule has 0 bridgehead atoms. The van der Waals surface area contributed by atoms with E-state index in [1.807, 2.05) is 24.4 Å². The van der Waals surface area contributed by atoms with Crippen molar-refractivity contribution in [1.29, 1.82) is 0 Å². The lowest BCUT2D eigenvalue weighted by Gasteiger charge is -2.11. The second-order valence-corrected chi connectivity index (χ2v) is 7.34. The fourth-order valence-corrected chi connectivity index (χ4v) is 3.26. The number of anilines is 2. The fraction of sp³-hybridized carbons (Fsp3) is 0.238. The first-order valence-electron chi connectivity index (χ1n) is 9.80. The summed E-state index contributed by atoms with van der Waals surface area (Å²) in [6, 6.07) is 8.34. The van der Waals surface area contributed by atoms with Crippen molar-refractivity contribution in [3.8, 4) is 17.1 Å². The molecule has 9 nitrogen and oxygen atoms in total. The third kappa shape index (κ3) is 4.73. The van der Waals surface area contributed by atoms with E-state index in [9.17, 15) is 18.0 Å². The number of carbonyl (C=O) groups excluding carboxylic acids is 1. The minimum absolute atomic E-state index is 0.0242. The van der Waals surface area contributed by atoms with E-state index < -0.39 is 18.6 Å². The lowest BCUT2D eigenvalue weighted by Crippen LogP contribution is -2.33. The standard InChI is InChI=1S/C21H20F3N7O2/c1-11-6-16-13(9-26-29-16)7-15(11)27-20-28-18(30-31(20)2)12-4-5-14(17(8-12)33-3)19(32)25-10-21(22,23)24/h4-9H,10H2,1-3H3,(H,25,32)(H,26,29)(H,27,28,30). The zero-order valence-electron chi connectivity index (χ0n) is 17.9. The molecule has 2 aromatic heterocycles. The molecule has 1 amide bonds. The average Bonchev–Trinajstić information content (AvgIpc) is 3.37. The van der Waals surface area contributed by atoms with Crippen LogP contribution in [0.1, 0.15) is 15.9 Å². The van der Waals surface area contributed by atoms with Crippen LogP contribution in [0.2, 0.25) is 0 Å². The Labute approximate surface area is 186 Å². The maximum Gasteiger partial charge on any atom is 0.405 e. The number of ether oxygens (including phenoxy) is 1. The summed E-state index contributed by atoms with van der Waals surface area (Å²) in [5.41, 5.74) is 3.24. The van der Waals surface area contributed by atoms with Crippen LogP contribution in [-0.2, 0) is 7.05 Å². The maximum absolute atomic E-state index is 12.4. The zero-order chi connectivity index (χ0) is 23.8. The summed E-state index contributed by atoms with van der Waals surface area (Å²) in [5, 5.41) is 17.4. The zero-order valence-corrected chi connectivity index (χ0v) is 17.9. The van der Waals surface area contributed by atoms with Crippen LogP contribution in [0, 0.1) is 6.92 Å². The van der Waals surface area contributed by atoms with Crippen LogP contribution in [-0.4, -0.2) is 50.7 Å². The summed E-state index contributed by atoms with van der Waals surface area (Å²) >= 11 is 0. The molecule has 0 spiro atoms. The Hall–Kier alpha value is -4.09. The largest absolute Gasteiger partial charge is 0.496 e. The highest BCUT2D eigenvalue weighted by molar-refractivity contribution is 5.97. The Bertz CT molecular complexity index is 1330. The molecule has 2 heterocycles. The molecule has 3 N–H and O–H groups in total. The van der Waals surface area contributed by atoms with Crippen molar-refractivity contribution in [3.63, 3.8) is 0 Å². The number of carbonyl (C=O) groups is 1.